The molecule has 0 unspecified atom stereocenters. The Bertz CT molecular complexity index is 134. The van der Waals surface area contributed by atoms with E-state index in [0.717, 1.165) is 0 Å². The van der Waals surface area contributed by atoms with Crippen LogP contribution in [0, 0.1) is 0 Å². The van der Waals surface area contributed by atoms with Gasteiger partial charge in [0.1, 0.15) is 0 Å². The van der Waals surface area contributed by atoms with Gasteiger partial charge in [0.15, 0.2) is 0 Å². The summed E-state index contributed by atoms with van der Waals surface area (Å²) in [6, 6.07) is 0. The summed E-state index contributed by atoms with van der Waals surface area (Å²) in [5, 5.41) is 8.22. The van der Waals surface area contributed by atoms with Crippen molar-refractivity contribution in [3.8, 4) is 0 Å². The van der Waals surface area contributed by atoms with Gasteiger partial charge in [0.25, 0.3) is 0 Å². The van der Waals surface area contributed by atoms with Crippen LogP contribution in [-0.4, -0.2) is 36.9 Å². The molecule has 0 rings (SSSR count). The van der Waals surface area contributed by atoms with E-state index in [4.69, 9.17) is 5.11 Å². The zero-order valence-corrected chi connectivity index (χ0v) is 6.27. The highest BCUT2D eigenvalue weighted by molar-refractivity contribution is 7.74. The van der Waals surface area contributed by atoms with Crippen molar-refractivity contribution in [3.63, 3.8) is 0 Å². The first kappa shape index (κ1) is 7.77. The van der Waals surface area contributed by atoms with Crippen LogP contribution in [0.2, 0.25) is 0 Å². The quantitative estimate of drug-likeness (QED) is 0.538. The molecule has 48 valence electrons. The first-order valence-electron chi connectivity index (χ1n) is 2.32. The number of carboxylic acid groups (broad SMARTS) is 1. The highest BCUT2D eigenvalue weighted by Crippen LogP contribution is 2.30. The molecule has 0 aromatic carbocycles. The van der Waals surface area contributed by atoms with Gasteiger partial charge >= 0.3 is 5.97 Å². The molecular weight excluding hydrogens is 123 g/mol. The van der Waals surface area contributed by atoms with Crippen LogP contribution in [0.4, 0.5) is 0 Å². The molecule has 0 aliphatic carbocycles. The highest BCUT2D eigenvalue weighted by atomic mass is 31.2. The van der Waals surface area contributed by atoms with Crippen LogP contribution in [0.3, 0.4) is 0 Å². The summed E-state index contributed by atoms with van der Waals surface area (Å²) in [7, 11) is 0. The second-order valence-electron chi connectivity index (χ2n) is 2.58. The fourth-order valence-corrected chi connectivity index (χ4v) is 0.994. The molecule has 0 aromatic heterocycles. The predicted molar refractivity (Wildman–Crippen MR) is 38.4 cm³/mol. The van der Waals surface area contributed by atoms with Gasteiger partial charge in [-0.1, -0.05) is 0 Å². The van der Waals surface area contributed by atoms with E-state index in [-0.39, 0.29) is 0 Å². The average molecular weight is 134 g/mol. The molecule has 0 spiro atoms. The Kier molecular flexibility index (Phi) is 2.29. The lowest BCUT2D eigenvalue weighted by atomic mass is 10.8. The van der Waals surface area contributed by atoms with Crippen molar-refractivity contribution in [2.75, 3.05) is 20.0 Å². The lowest BCUT2D eigenvalue weighted by molar-refractivity contribution is -0.128. The molecular formula is C5H11O2P. The van der Waals surface area contributed by atoms with E-state index in [0.29, 0.717) is 0 Å². The first-order valence-corrected chi connectivity index (χ1v) is 5.52. The van der Waals surface area contributed by atoms with Crippen molar-refractivity contribution in [1.82, 2.24) is 0 Å². The molecule has 0 radical (unpaired) electrons. The maximum Gasteiger partial charge on any atom is 0.328 e. The Hall–Kier alpha value is -0.230. The van der Waals surface area contributed by atoms with Crippen LogP contribution in [0.25, 0.3) is 0 Å². The molecule has 3 heteroatoms. The summed E-state index contributed by atoms with van der Waals surface area (Å²) >= 11 is 0. The van der Waals surface area contributed by atoms with E-state index in [1.807, 2.05) is 20.0 Å². The SMILES string of the molecule is CP(C)(C)=CC(=O)O. The zero-order valence-electron chi connectivity index (χ0n) is 5.38. The van der Waals surface area contributed by atoms with Gasteiger partial charge in [0, 0.05) is 5.80 Å². The number of carbonyl (C=O) groups is 1. The van der Waals surface area contributed by atoms with E-state index in [9.17, 15) is 4.79 Å². The fraction of sp³-hybridized carbons (Fsp3) is 0.600. The molecule has 0 saturated heterocycles. The number of aliphatic carboxylic acids is 1. The summed E-state index contributed by atoms with van der Waals surface area (Å²) in [4.78, 5) is 9.99. The maximum atomic E-state index is 9.99. The summed E-state index contributed by atoms with van der Waals surface area (Å²) in [5.41, 5.74) is 0. The molecule has 0 bridgehead atoms. The second kappa shape index (κ2) is 2.36. The minimum atomic E-state index is -1.20. The molecule has 0 saturated carbocycles. The van der Waals surface area contributed by atoms with Crippen molar-refractivity contribution >= 4 is 18.7 Å². The van der Waals surface area contributed by atoms with Gasteiger partial charge in [0.2, 0.25) is 0 Å². The van der Waals surface area contributed by atoms with Crippen LogP contribution in [0.15, 0.2) is 0 Å². The van der Waals surface area contributed by atoms with Crippen LogP contribution >= 0.6 is 6.89 Å². The summed E-state index contributed by atoms with van der Waals surface area (Å²) in [6.45, 7) is 4.68. The molecule has 2 nitrogen and oxygen atoms in total. The van der Waals surface area contributed by atoms with Crippen LogP contribution in [-0.2, 0) is 4.79 Å². The molecule has 8 heavy (non-hydrogen) atoms. The summed E-state index contributed by atoms with van der Waals surface area (Å²) in [5.74, 6) is 0.582. The lowest BCUT2D eigenvalue weighted by Crippen LogP contribution is -1.96. The smallest absolute Gasteiger partial charge is 0.328 e. The summed E-state index contributed by atoms with van der Waals surface area (Å²) < 4.78 is 0. The number of rotatable bonds is 1. The topological polar surface area (TPSA) is 37.3 Å². The number of carboxylic acids is 1. The van der Waals surface area contributed by atoms with Crippen LogP contribution in [0.5, 0.6) is 0 Å². The largest absolute Gasteiger partial charge is 0.478 e. The minimum Gasteiger partial charge on any atom is -0.478 e. The van der Waals surface area contributed by atoms with E-state index in [1.165, 1.54) is 5.80 Å². The normalized spacial score (nSPS) is 10.9. The molecule has 0 fully saturated rings. The number of hydrogen-bond donors (Lipinski definition) is 1. The van der Waals surface area contributed by atoms with E-state index in [1.54, 1.807) is 0 Å². The molecule has 0 aromatic rings. The van der Waals surface area contributed by atoms with Gasteiger partial charge in [0.05, 0.1) is 0 Å². The van der Waals surface area contributed by atoms with Gasteiger partial charge in [-0.15, -0.1) is 6.89 Å². The second-order valence-corrected chi connectivity index (χ2v) is 7.07. The van der Waals surface area contributed by atoms with Gasteiger partial charge < -0.3 is 5.11 Å². The third kappa shape index (κ3) is 5.77. The van der Waals surface area contributed by atoms with Crippen LogP contribution in [0.1, 0.15) is 0 Å². The minimum absolute atomic E-state index is 0.800. The van der Waals surface area contributed by atoms with Crippen molar-refractivity contribution in [2.45, 2.75) is 0 Å². The third-order valence-electron chi connectivity index (χ3n) is 0.498. The molecule has 0 heterocycles. The van der Waals surface area contributed by atoms with Gasteiger partial charge in [-0.25, -0.2) is 4.79 Å². The predicted octanol–water partition coefficient (Wildman–Crippen LogP) is 0.780. The Morgan fingerprint density at radius 3 is 1.88 bits per heavy atom. The Morgan fingerprint density at radius 2 is 1.88 bits per heavy atom. The monoisotopic (exact) mass is 134 g/mol. The van der Waals surface area contributed by atoms with Crippen molar-refractivity contribution < 1.29 is 9.90 Å². The van der Waals surface area contributed by atoms with E-state index < -0.39 is 12.9 Å². The maximum absolute atomic E-state index is 9.99. The molecule has 0 atom stereocenters. The Labute approximate surface area is 49.5 Å². The average Bonchev–Trinajstić information content (AvgIpc) is 1.21. The van der Waals surface area contributed by atoms with Crippen molar-refractivity contribution in [1.29, 1.82) is 0 Å². The van der Waals surface area contributed by atoms with Crippen molar-refractivity contribution in [3.05, 3.63) is 0 Å². The third-order valence-corrected chi connectivity index (χ3v) is 1.49. The molecule has 0 amide bonds. The molecule has 1 N–H and O–H groups in total. The zero-order chi connectivity index (χ0) is 6.78. The van der Waals surface area contributed by atoms with Crippen molar-refractivity contribution in [2.24, 2.45) is 0 Å². The number of hydrogen-bond acceptors (Lipinski definition) is 1. The van der Waals surface area contributed by atoms with E-state index in [2.05, 4.69) is 0 Å². The summed E-state index contributed by atoms with van der Waals surface area (Å²) in [6.07, 6.45) is 0. The first-order chi connectivity index (χ1) is 3.42. The van der Waals surface area contributed by atoms with Crippen LogP contribution < -0.4 is 0 Å². The Balaban J connectivity index is 4.17. The van der Waals surface area contributed by atoms with Gasteiger partial charge in [-0.2, -0.15) is 0 Å². The van der Waals surface area contributed by atoms with Gasteiger partial charge in [-0.3, -0.25) is 0 Å². The molecule has 0 aliphatic heterocycles. The highest BCUT2D eigenvalue weighted by Gasteiger charge is 1.95. The Morgan fingerprint density at radius 1 is 1.50 bits per heavy atom. The lowest BCUT2D eigenvalue weighted by Gasteiger charge is -2.01. The van der Waals surface area contributed by atoms with Gasteiger partial charge in [-0.05, 0) is 20.0 Å². The molecule has 0 aliphatic rings. The fourth-order valence-electron chi connectivity index (χ4n) is 0.331. The van der Waals surface area contributed by atoms with E-state index >= 15 is 0 Å². The standard InChI is InChI=1S/C5H11O2P/c1-8(2,3)4-5(6)7/h4H,1-3H3,(H,6,7).